The maximum absolute atomic E-state index is 12.5. The largest absolute Gasteiger partial charge is 0.484 e. The predicted octanol–water partition coefficient (Wildman–Crippen LogP) is 4.46. The van der Waals surface area contributed by atoms with Crippen molar-refractivity contribution < 1.29 is 18.7 Å². The number of rotatable bonds is 5. The molecular formula is C24H24N2O4. The van der Waals surface area contributed by atoms with Gasteiger partial charge in [0.05, 0.1) is 11.4 Å². The van der Waals surface area contributed by atoms with Crippen molar-refractivity contribution in [3.63, 3.8) is 0 Å². The number of anilines is 2. The molecule has 0 bridgehead atoms. The summed E-state index contributed by atoms with van der Waals surface area (Å²) >= 11 is 0. The van der Waals surface area contributed by atoms with E-state index in [0.29, 0.717) is 24.4 Å². The van der Waals surface area contributed by atoms with Crippen LogP contribution in [0.25, 0.3) is 11.0 Å². The lowest BCUT2D eigenvalue weighted by Gasteiger charge is -2.20. The second-order valence-electron chi connectivity index (χ2n) is 7.87. The minimum Gasteiger partial charge on any atom is -0.484 e. The fourth-order valence-corrected chi connectivity index (χ4v) is 4.38. The number of carbonyl (C=O) groups is 2. The first-order chi connectivity index (χ1) is 14.7. The molecule has 1 saturated heterocycles. The van der Waals surface area contributed by atoms with Gasteiger partial charge in [0, 0.05) is 30.3 Å². The summed E-state index contributed by atoms with van der Waals surface area (Å²) in [6.45, 7) is 0.574. The van der Waals surface area contributed by atoms with Crippen molar-refractivity contribution in [1.82, 2.24) is 0 Å². The zero-order chi connectivity index (χ0) is 20.5. The Labute approximate surface area is 174 Å². The number of furan rings is 1. The van der Waals surface area contributed by atoms with E-state index in [1.807, 2.05) is 42.5 Å². The number of para-hydroxylation sites is 2. The highest BCUT2D eigenvalue weighted by atomic mass is 16.5. The molecule has 0 radical (unpaired) electrons. The molecule has 0 unspecified atom stereocenters. The number of nitrogens with zero attached hydrogens (tertiary/aromatic N) is 1. The molecule has 1 aliphatic carbocycles. The number of carbonyl (C=O) groups excluding carboxylic acids is 2. The molecule has 30 heavy (non-hydrogen) atoms. The molecule has 2 amide bonds. The van der Waals surface area contributed by atoms with Crippen LogP contribution < -0.4 is 15.0 Å². The number of fused-ring (bicyclic) bond motifs is 3. The van der Waals surface area contributed by atoms with Gasteiger partial charge < -0.3 is 19.4 Å². The van der Waals surface area contributed by atoms with Gasteiger partial charge in [-0.05, 0) is 56.0 Å². The van der Waals surface area contributed by atoms with Crippen LogP contribution in [0.4, 0.5) is 11.4 Å². The molecule has 2 aliphatic rings. The molecule has 3 aromatic rings. The Morgan fingerprint density at radius 3 is 2.80 bits per heavy atom. The van der Waals surface area contributed by atoms with Crippen molar-refractivity contribution in [2.45, 2.75) is 38.5 Å². The summed E-state index contributed by atoms with van der Waals surface area (Å²) in [6, 6.07) is 13.1. The van der Waals surface area contributed by atoms with Crippen molar-refractivity contribution >= 4 is 34.2 Å². The Morgan fingerprint density at radius 2 is 1.93 bits per heavy atom. The molecule has 2 heterocycles. The van der Waals surface area contributed by atoms with Crippen molar-refractivity contribution in [2.24, 2.45) is 0 Å². The molecule has 1 N–H and O–H groups in total. The number of hydrogen-bond donors (Lipinski definition) is 1. The number of aryl methyl sites for hydroxylation is 2. The number of amides is 2. The molecule has 6 heteroatoms. The number of nitrogens with one attached hydrogen (secondary N) is 1. The average Bonchev–Trinajstić information content (AvgIpc) is 3.35. The van der Waals surface area contributed by atoms with E-state index >= 15 is 0 Å². The summed E-state index contributed by atoms with van der Waals surface area (Å²) in [7, 11) is 0. The van der Waals surface area contributed by atoms with Crippen LogP contribution in [0.1, 0.15) is 37.0 Å². The van der Waals surface area contributed by atoms with Crippen LogP contribution in [0.3, 0.4) is 0 Å². The topological polar surface area (TPSA) is 71.8 Å². The van der Waals surface area contributed by atoms with Crippen LogP contribution in [-0.2, 0) is 22.4 Å². The fraction of sp³-hybridized carbons (Fsp3) is 0.333. The van der Waals surface area contributed by atoms with Crippen LogP contribution >= 0.6 is 0 Å². The van der Waals surface area contributed by atoms with Gasteiger partial charge in [-0.3, -0.25) is 9.59 Å². The quantitative estimate of drug-likeness (QED) is 0.682. The first kappa shape index (κ1) is 18.7. The van der Waals surface area contributed by atoms with E-state index in [1.54, 1.807) is 4.90 Å². The van der Waals surface area contributed by atoms with Gasteiger partial charge in [-0.1, -0.05) is 12.1 Å². The van der Waals surface area contributed by atoms with E-state index < -0.39 is 0 Å². The van der Waals surface area contributed by atoms with Gasteiger partial charge in [0.15, 0.2) is 6.61 Å². The summed E-state index contributed by atoms with van der Waals surface area (Å²) in [6.07, 6.45) is 5.74. The maximum Gasteiger partial charge on any atom is 0.262 e. The van der Waals surface area contributed by atoms with Crippen molar-refractivity contribution in [3.05, 3.63) is 53.8 Å². The van der Waals surface area contributed by atoms with Crippen molar-refractivity contribution in [3.8, 4) is 5.75 Å². The van der Waals surface area contributed by atoms with Gasteiger partial charge in [-0.2, -0.15) is 0 Å². The Bertz CT molecular complexity index is 1120. The molecule has 6 nitrogen and oxygen atoms in total. The second kappa shape index (κ2) is 7.86. The van der Waals surface area contributed by atoms with Gasteiger partial charge in [0.25, 0.3) is 5.91 Å². The molecule has 5 rings (SSSR count). The minimum atomic E-state index is -0.261. The highest BCUT2D eigenvalue weighted by molar-refractivity contribution is 6.02. The smallest absolute Gasteiger partial charge is 0.262 e. The third-order valence-corrected chi connectivity index (χ3v) is 5.84. The molecule has 1 aliphatic heterocycles. The van der Waals surface area contributed by atoms with Gasteiger partial charge in [0.1, 0.15) is 17.1 Å². The molecule has 0 atom stereocenters. The van der Waals surface area contributed by atoms with Gasteiger partial charge in [0.2, 0.25) is 5.91 Å². The SMILES string of the molecule is O=C(COc1ccc2oc3c(c2c1)CCCC3)Nc1ccccc1N1CCCC1=O. The molecule has 0 spiro atoms. The molecule has 2 aromatic carbocycles. The lowest BCUT2D eigenvalue weighted by atomic mass is 9.96. The highest BCUT2D eigenvalue weighted by Gasteiger charge is 2.24. The van der Waals surface area contributed by atoms with Gasteiger partial charge >= 0.3 is 0 Å². The van der Waals surface area contributed by atoms with Crippen LogP contribution in [0, 0.1) is 0 Å². The van der Waals surface area contributed by atoms with Crippen molar-refractivity contribution in [2.75, 3.05) is 23.4 Å². The fourth-order valence-electron chi connectivity index (χ4n) is 4.38. The lowest BCUT2D eigenvalue weighted by molar-refractivity contribution is -0.118. The summed E-state index contributed by atoms with van der Waals surface area (Å²) in [5, 5.41) is 3.97. The van der Waals surface area contributed by atoms with Crippen LogP contribution in [0.15, 0.2) is 46.9 Å². The average molecular weight is 404 g/mol. The number of benzene rings is 2. The minimum absolute atomic E-state index is 0.0877. The van der Waals surface area contributed by atoms with E-state index in [9.17, 15) is 9.59 Å². The number of ether oxygens (including phenoxy) is 1. The first-order valence-corrected chi connectivity index (χ1v) is 10.6. The van der Waals surface area contributed by atoms with E-state index in [2.05, 4.69) is 5.32 Å². The van der Waals surface area contributed by atoms with E-state index in [-0.39, 0.29) is 18.4 Å². The normalized spacial score (nSPS) is 16.0. The van der Waals surface area contributed by atoms with E-state index in [1.165, 1.54) is 18.4 Å². The van der Waals surface area contributed by atoms with Crippen LogP contribution in [0.2, 0.25) is 0 Å². The van der Waals surface area contributed by atoms with Crippen molar-refractivity contribution in [1.29, 1.82) is 0 Å². The molecule has 154 valence electrons. The Kier molecular flexibility index (Phi) is 4.91. The maximum atomic E-state index is 12.5. The lowest BCUT2D eigenvalue weighted by Crippen LogP contribution is -2.26. The molecular weight excluding hydrogens is 380 g/mol. The summed E-state index contributed by atoms with van der Waals surface area (Å²) < 4.78 is 11.7. The first-order valence-electron chi connectivity index (χ1n) is 10.6. The van der Waals surface area contributed by atoms with E-state index in [4.69, 9.17) is 9.15 Å². The Hall–Kier alpha value is -3.28. The van der Waals surface area contributed by atoms with Gasteiger partial charge in [-0.25, -0.2) is 0 Å². The summed E-state index contributed by atoms with van der Waals surface area (Å²) in [5.74, 6) is 1.56. The van der Waals surface area contributed by atoms with Crippen LogP contribution in [0.5, 0.6) is 5.75 Å². The zero-order valence-corrected chi connectivity index (χ0v) is 16.8. The zero-order valence-electron chi connectivity index (χ0n) is 16.8. The standard InChI is InChI=1S/C24H24N2O4/c27-23(25-19-7-2-3-8-20(19)26-13-5-10-24(26)28)15-29-16-11-12-22-18(14-16)17-6-1-4-9-21(17)30-22/h2-3,7-8,11-12,14H,1,4-6,9-10,13,15H2,(H,25,27). The summed E-state index contributed by atoms with van der Waals surface area (Å²) in [5.41, 5.74) is 3.51. The monoisotopic (exact) mass is 404 g/mol. The third-order valence-electron chi connectivity index (χ3n) is 5.84. The van der Waals surface area contributed by atoms with Crippen LogP contribution in [-0.4, -0.2) is 25.0 Å². The predicted molar refractivity (Wildman–Crippen MR) is 115 cm³/mol. The molecule has 0 saturated carbocycles. The Balaban J connectivity index is 1.27. The third kappa shape index (κ3) is 3.54. The number of hydrogen-bond acceptors (Lipinski definition) is 4. The highest BCUT2D eigenvalue weighted by Crippen LogP contribution is 2.34. The molecule has 1 fully saturated rings. The van der Waals surface area contributed by atoms with Gasteiger partial charge in [-0.15, -0.1) is 0 Å². The summed E-state index contributed by atoms with van der Waals surface area (Å²) in [4.78, 5) is 26.3. The molecule has 1 aromatic heterocycles. The second-order valence-corrected chi connectivity index (χ2v) is 7.87. The van der Waals surface area contributed by atoms with E-state index in [0.717, 1.165) is 41.7 Å². The Morgan fingerprint density at radius 1 is 1.07 bits per heavy atom.